The first-order chi connectivity index (χ1) is 12.2. The van der Waals surface area contributed by atoms with E-state index in [1.165, 1.54) is 5.56 Å². The Balaban J connectivity index is 1.41. The molecule has 0 aliphatic carbocycles. The van der Waals surface area contributed by atoms with Crippen LogP contribution >= 0.6 is 0 Å². The molecule has 25 heavy (non-hydrogen) atoms. The van der Waals surface area contributed by atoms with E-state index < -0.39 is 0 Å². The van der Waals surface area contributed by atoms with Crippen molar-refractivity contribution in [1.82, 2.24) is 4.90 Å². The minimum atomic E-state index is 0.0764. The van der Waals surface area contributed by atoms with Gasteiger partial charge in [0.2, 0.25) is 0 Å². The van der Waals surface area contributed by atoms with Gasteiger partial charge in [-0.1, -0.05) is 24.3 Å². The Hall–Kier alpha value is -2.59. The van der Waals surface area contributed by atoms with Crippen molar-refractivity contribution in [2.24, 2.45) is 5.92 Å². The molecule has 0 radical (unpaired) electrons. The number of aliphatic hydroxyl groups is 1. The van der Waals surface area contributed by atoms with Gasteiger partial charge in [-0.15, -0.1) is 0 Å². The molecular weight excluding hydrogens is 314 g/mol. The summed E-state index contributed by atoms with van der Waals surface area (Å²) in [5.41, 5.74) is 3.72. The molecule has 4 rings (SSSR count). The highest BCUT2D eigenvalue weighted by Crippen LogP contribution is 2.24. The molecule has 1 fully saturated rings. The maximum atomic E-state index is 12.8. The number of furan rings is 1. The van der Waals surface area contributed by atoms with Crippen molar-refractivity contribution in [2.75, 3.05) is 13.1 Å². The number of likely N-dealkylation sites (tertiary alicyclic amines) is 1. The quantitative estimate of drug-likeness (QED) is 0.792. The van der Waals surface area contributed by atoms with Crippen LogP contribution in [0.1, 0.15) is 27.9 Å². The van der Waals surface area contributed by atoms with Crippen LogP contribution in [0.3, 0.4) is 0 Å². The molecule has 2 heterocycles. The molecule has 2 aromatic carbocycles. The fraction of sp³-hybridized carbons (Fsp3) is 0.286. The van der Waals surface area contributed by atoms with Gasteiger partial charge >= 0.3 is 0 Å². The summed E-state index contributed by atoms with van der Waals surface area (Å²) in [5.74, 6) is 0.586. The first kappa shape index (κ1) is 15.9. The average Bonchev–Trinajstić information content (AvgIpc) is 3.30. The number of carbonyl (C=O) groups is 1. The summed E-state index contributed by atoms with van der Waals surface area (Å²) in [4.78, 5) is 14.7. The second-order valence-corrected chi connectivity index (χ2v) is 6.76. The Bertz CT molecular complexity index is 882. The average molecular weight is 335 g/mol. The molecule has 4 heteroatoms. The lowest BCUT2D eigenvalue weighted by Gasteiger charge is -2.17. The Labute approximate surface area is 146 Å². The molecule has 1 aliphatic heterocycles. The van der Waals surface area contributed by atoms with E-state index in [0.717, 1.165) is 48.0 Å². The van der Waals surface area contributed by atoms with Crippen LogP contribution in [-0.2, 0) is 13.0 Å². The van der Waals surface area contributed by atoms with Crippen LogP contribution < -0.4 is 0 Å². The molecule has 1 saturated heterocycles. The number of benzene rings is 2. The lowest BCUT2D eigenvalue weighted by atomic mass is 9.98. The summed E-state index contributed by atoms with van der Waals surface area (Å²) >= 11 is 0. The van der Waals surface area contributed by atoms with Gasteiger partial charge in [0, 0.05) is 24.0 Å². The second kappa shape index (κ2) is 6.73. The van der Waals surface area contributed by atoms with Crippen molar-refractivity contribution in [3.05, 3.63) is 71.5 Å². The van der Waals surface area contributed by atoms with Crippen molar-refractivity contribution in [2.45, 2.75) is 19.4 Å². The number of aliphatic hydroxyl groups excluding tert-OH is 1. The standard InChI is InChI=1S/C21H21NO3/c23-14-16-3-1-15(2-4-16)11-17-7-9-22(13-17)21(24)19-5-6-20-18(12-19)8-10-25-20/h1-6,8,10,12,17,23H,7,9,11,13-14H2. The van der Waals surface area contributed by atoms with Crippen molar-refractivity contribution in [3.8, 4) is 0 Å². The van der Waals surface area contributed by atoms with Crippen molar-refractivity contribution in [1.29, 1.82) is 0 Å². The van der Waals surface area contributed by atoms with Crippen LogP contribution in [0.4, 0.5) is 0 Å². The smallest absolute Gasteiger partial charge is 0.253 e. The minimum absolute atomic E-state index is 0.0764. The zero-order valence-corrected chi connectivity index (χ0v) is 14.0. The van der Waals surface area contributed by atoms with Gasteiger partial charge in [0.25, 0.3) is 5.91 Å². The third-order valence-corrected chi connectivity index (χ3v) is 5.00. The molecule has 0 spiro atoms. The number of hydrogen-bond donors (Lipinski definition) is 1. The molecule has 4 nitrogen and oxygen atoms in total. The summed E-state index contributed by atoms with van der Waals surface area (Å²) < 4.78 is 5.34. The van der Waals surface area contributed by atoms with Crippen LogP contribution in [0, 0.1) is 5.92 Å². The van der Waals surface area contributed by atoms with Crippen molar-refractivity contribution < 1.29 is 14.3 Å². The van der Waals surface area contributed by atoms with Crippen LogP contribution in [0.2, 0.25) is 0 Å². The van der Waals surface area contributed by atoms with E-state index in [1.54, 1.807) is 6.26 Å². The third kappa shape index (κ3) is 3.30. The molecule has 128 valence electrons. The molecule has 1 atom stereocenters. The third-order valence-electron chi connectivity index (χ3n) is 5.00. The van der Waals surface area contributed by atoms with Crippen LogP contribution in [0.5, 0.6) is 0 Å². The Morgan fingerprint density at radius 3 is 2.72 bits per heavy atom. The predicted molar refractivity (Wildman–Crippen MR) is 96.3 cm³/mol. The van der Waals surface area contributed by atoms with Crippen molar-refractivity contribution >= 4 is 16.9 Å². The maximum Gasteiger partial charge on any atom is 0.253 e. The number of nitrogens with zero attached hydrogens (tertiary/aromatic N) is 1. The SMILES string of the molecule is O=C(c1ccc2occc2c1)N1CCC(Cc2ccc(CO)cc2)C1. The van der Waals surface area contributed by atoms with E-state index in [2.05, 4.69) is 12.1 Å². The zero-order valence-electron chi connectivity index (χ0n) is 14.0. The molecule has 0 bridgehead atoms. The van der Waals surface area contributed by atoms with Crippen LogP contribution in [0.15, 0.2) is 59.2 Å². The highest BCUT2D eigenvalue weighted by atomic mass is 16.3. The van der Waals surface area contributed by atoms with Gasteiger partial charge in [0.05, 0.1) is 12.9 Å². The van der Waals surface area contributed by atoms with E-state index in [0.29, 0.717) is 5.92 Å². The fourth-order valence-electron chi connectivity index (χ4n) is 3.58. The summed E-state index contributed by atoms with van der Waals surface area (Å²) in [7, 11) is 0. The molecule has 3 aromatic rings. The zero-order chi connectivity index (χ0) is 17.2. The second-order valence-electron chi connectivity index (χ2n) is 6.76. The Morgan fingerprint density at radius 1 is 1.12 bits per heavy atom. The highest BCUT2D eigenvalue weighted by molar-refractivity contribution is 5.97. The molecule has 1 aliphatic rings. The van der Waals surface area contributed by atoms with E-state index in [-0.39, 0.29) is 12.5 Å². The number of amides is 1. The van der Waals surface area contributed by atoms with E-state index >= 15 is 0 Å². The molecule has 1 unspecified atom stereocenters. The normalized spacial score (nSPS) is 17.3. The Morgan fingerprint density at radius 2 is 1.92 bits per heavy atom. The largest absolute Gasteiger partial charge is 0.464 e. The molecule has 0 saturated carbocycles. The van der Waals surface area contributed by atoms with Crippen LogP contribution in [0.25, 0.3) is 11.0 Å². The monoisotopic (exact) mass is 335 g/mol. The van der Waals surface area contributed by atoms with E-state index in [4.69, 9.17) is 9.52 Å². The fourth-order valence-corrected chi connectivity index (χ4v) is 3.58. The topological polar surface area (TPSA) is 53.7 Å². The van der Waals surface area contributed by atoms with Gasteiger partial charge in [-0.25, -0.2) is 0 Å². The molecule has 1 N–H and O–H groups in total. The molecule has 1 aromatic heterocycles. The lowest BCUT2D eigenvalue weighted by Crippen LogP contribution is -2.28. The van der Waals surface area contributed by atoms with E-state index in [1.807, 2.05) is 41.3 Å². The van der Waals surface area contributed by atoms with E-state index in [9.17, 15) is 4.79 Å². The molecular formula is C21H21NO3. The van der Waals surface area contributed by atoms with Crippen molar-refractivity contribution in [3.63, 3.8) is 0 Å². The number of rotatable bonds is 4. The van der Waals surface area contributed by atoms with Gasteiger partial charge in [0.1, 0.15) is 5.58 Å². The number of fused-ring (bicyclic) bond motifs is 1. The first-order valence-electron chi connectivity index (χ1n) is 8.68. The molecule has 1 amide bonds. The maximum absolute atomic E-state index is 12.8. The van der Waals surface area contributed by atoms with Gasteiger partial charge in [-0.2, -0.15) is 0 Å². The van der Waals surface area contributed by atoms with Gasteiger partial charge in [0.15, 0.2) is 0 Å². The van der Waals surface area contributed by atoms with Crippen LogP contribution in [-0.4, -0.2) is 29.0 Å². The summed E-state index contributed by atoms with van der Waals surface area (Å²) in [5, 5.41) is 10.1. The van der Waals surface area contributed by atoms with Gasteiger partial charge < -0.3 is 14.4 Å². The Kier molecular flexibility index (Phi) is 4.28. The number of hydrogen-bond acceptors (Lipinski definition) is 3. The minimum Gasteiger partial charge on any atom is -0.464 e. The summed E-state index contributed by atoms with van der Waals surface area (Å²) in [6.07, 6.45) is 3.64. The summed E-state index contributed by atoms with van der Waals surface area (Å²) in [6.45, 7) is 1.68. The number of carbonyl (C=O) groups excluding carboxylic acids is 1. The summed E-state index contributed by atoms with van der Waals surface area (Å²) in [6, 6.07) is 15.6. The lowest BCUT2D eigenvalue weighted by molar-refractivity contribution is 0.0787. The first-order valence-corrected chi connectivity index (χ1v) is 8.68. The van der Waals surface area contributed by atoms with Gasteiger partial charge in [-0.3, -0.25) is 4.79 Å². The highest BCUT2D eigenvalue weighted by Gasteiger charge is 2.27. The predicted octanol–water partition coefficient (Wildman–Crippen LogP) is 3.63. The van der Waals surface area contributed by atoms with Gasteiger partial charge in [-0.05, 0) is 54.2 Å².